The molecule has 0 amide bonds. The van der Waals surface area contributed by atoms with E-state index in [0.29, 0.717) is 6.04 Å². The first-order chi connectivity index (χ1) is 9.06. The Morgan fingerprint density at radius 1 is 1.42 bits per heavy atom. The molecule has 6 heteroatoms. The molecule has 0 saturated carbocycles. The monoisotopic (exact) mass is 340 g/mol. The summed E-state index contributed by atoms with van der Waals surface area (Å²) in [6.07, 6.45) is 1.71. The molecule has 0 aliphatic heterocycles. The van der Waals surface area contributed by atoms with E-state index in [4.69, 9.17) is 0 Å². The molecule has 2 rings (SSSR count). The standard InChI is InChI=1S/C13H17BrN4S/c1-9(2)15-7-10-4-5-12(11(14)6-10)19-13-17-16-8-18(13)3/h4-6,8-9,15H,7H2,1-3H3. The SMILES string of the molecule is CC(C)NCc1ccc(Sc2nncn2C)c(Br)c1. The van der Waals surface area contributed by atoms with E-state index < -0.39 is 0 Å². The van der Waals surface area contributed by atoms with Crippen LogP contribution >= 0.6 is 27.7 Å². The molecule has 0 spiro atoms. The van der Waals surface area contributed by atoms with Crippen molar-refractivity contribution in [2.45, 2.75) is 36.5 Å². The molecule has 1 heterocycles. The fraction of sp³-hybridized carbons (Fsp3) is 0.385. The summed E-state index contributed by atoms with van der Waals surface area (Å²) in [5.74, 6) is 0. The van der Waals surface area contributed by atoms with Gasteiger partial charge in [-0.25, -0.2) is 0 Å². The Hall–Kier alpha value is -0.850. The highest BCUT2D eigenvalue weighted by Gasteiger charge is 2.08. The fourth-order valence-corrected chi connectivity index (χ4v) is 2.96. The van der Waals surface area contributed by atoms with Gasteiger partial charge in [-0.15, -0.1) is 10.2 Å². The lowest BCUT2D eigenvalue weighted by atomic mass is 10.2. The van der Waals surface area contributed by atoms with Gasteiger partial charge in [0.2, 0.25) is 0 Å². The molecule has 0 saturated heterocycles. The van der Waals surface area contributed by atoms with Crippen molar-refractivity contribution in [1.29, 1.82) is 0 Å². The largest absolute Gasteiger partial charge is 0.311 e. The van der Waals surface area contributed by atoms with Crippen molar-refractivity contribution in [2.24, 2.45) is 7.05 Å². The average Bonchev–Trinajstić information content (AvgIpc) is 2.75. The summed E-state index contributed by atoms with van der Waals surface area (Å²) >= 11 is 5.22. The molecule has 4 nitrogen and oxygen atoms in total. The fourth-order valence-electron chi connectivity index (χ4n) is 1.52. The highest BCUT2D eigenvalue weighted by molar-refractivity contribution is 9.10. The van der Waals surface area contributed by atoms with Crippen molar-refractivity contribution in [3.8, 4) is 0 Å². The Balaban J connectivity index is 2.09. The molecule has 1 aromatic carbocycles. The molecule has 0 fully saturated rings. The Bertz CT molecular complexity index is 553. The van der Waals surface area contributed by atoms with E-state index in [0.717, 1.165) is 21.1 Å². The van der Waals surface area contributed by atoms with E-state index in [-0.39, 0.29) is 0 Å². The lowest BCUT2D eigenvalue weighted by Crippen LogP contribution is -2.21. The van der Waals surface area contributed by atoms with Gasteiger partial charge in [-0.1, -0.05) is 19.9 Å². The van der Waals surface area contributed by atoms with Crippen molar-refractivity contribution >= 4 is 27.7 Å². The molecule has 1 N–H and O–H groups in total. The Morgan fingerprint density at radius 2 is 2.21 bits per heavy atom. The van der Waals surface area contributed by atoms with Crippen molar-refractivity contribution in [1.82, 2.24) is 20.1 Å². The van der Waals surface area contributed by atoms with Crippen LogP contribution in [0.1, 0.15) is 19.4 Å². The first-order valence-corrected chi connectivity index (χ1v) is 7.71. The Morgan fingerprint density at radius 3 is 2.79 bits per heavy atom. The van der Waals surface area contributed by atoms with E-state index in [1.54, 1.807) is 18.1 Å². The molecule has 2 aromatic rings. The number of halogens is 1. The predicted molar refractivity (Wildman–Crippen MR) is 81.2 cm³/mol. The van der Waals surface area contributed by atoms with Crippen LogP contribution in [0, 0.1) is 0 Å². The zero-order valence-corrected chi connectivity index (χ0v) is 13.6. The average molecular weight is 341 g/mol. The van der Waals surface area contributed by atoms with E-state index in [1.165, 1.54) is 5.56 Å². The third-order valence-corrected chi connectivity index (χ3v) is 4.63. The number of hydrogen-bond acceptors (Lipinski definition) is 4. The number of aromatic nitrogens is 3. The summed E-state index contributed by atoms with van der Waals surface area (Å²) in [5, 5.41) is 12.2. The normalized spacial score (nSPS) is 11.2. The van der Waals surface area contributed by atoms with E-state index in [2.05, 4.69) is 63.5 Å². The highest BCUT2D eigenvalue weighted by atomic mass is 79.9. The number of hydrogen-bond donors (Lipinski definition) is 1. The zero-order valence-electron chi connectivity index (χ0n) is 11.2. The molecule has 0 unspecified atom stereocenters. The van der Waals surface area contributed by atoms with Gasteiger partial charge in [0.1, 0.15) is 6.33 Å². The van der Waals surface area contributed by atoms with Gasteiger partial charge in [-0.3, -0.25) is 0 Å². The van der Waals surface area contributed by atoms with Gasteiger partial charge in [0, 0.05) is 29.0 Å². The van der Waals surface area contributed by atoms with Crippen molar-refractivity contribution in [3.05, 3.63) is 34.6 Å². The molecular formula is C13H17BrN4S. The van der Waals surface area contributed by atoms with E-state index in [9.17, 15) is 0 Å². The Kier molecular flexibility index (Phi) is 5.01. The molecular weight excluding hydrogens is 324 g/mol. The van der Waals surface area contributed by atoms with Crippen LogP contribution in [0.3, 0.4) is 0 Å². The Labute approximate surface area is 126 Å². The molecule has 19 heavy (non-hydrogen) atoms. The van der Waals surface area contributed by atoms with Gasteiger partial charge in [-0.05, 0) is 45.4 Å². The second kappa shape index (κ2) is 6.54. The zero-order chi connectivity index (χ0) is 13.8. The third kappa shape index (κ3) is 4.06. The van der Waals surface area contributed by atoms with Gasteiger partial charge in [0.05, 0.1) is 0 Å². The summed E-state index contributed by atoms with van der Waals surface area (Å²) in [4.78, 5) is 1.14. The molecule has 0 radical (unpaired) electrons. The number of nitrogens with zero attached hydrogens (tertiary/aromatic N) is 3. The summed E-state index contributed by atoms with van der Waals surface area (Å²) < 4.78 is 2.99. The number of aryl methyl sites for hydroxylation is 1. The third-order valence-electron chi connectivity index (χ3n) is 2.58. The van der Waals surface area contributed by atoms with Crippen LogP contribution < -0.4 is 5.32 Å². The predicted octanol–water partition coefficient (Wildman–Crippen LogP) is 3.23. The van der Waals surface area contributed by atoms with Crippen LogP contribution in [0.25, 0.3) is 0 Å². The smallest absolute Gasteiger partial charge is 0.195 e. The maximum Gasteiger partial charge on any atom is 0.195 e. The molecule has 1 aromatic heterocycles. The minimum Gasteiger partial charge on any atom is -0.311 e. The van der Waals surface area contributed by atoms with Crippen LogP contribution in [0.5, 0.6) is 0 Å². The summed E-state index contributed by atoms with van der Waals surface area (Å²) in [6.45, 7) is 5.17. The lowest BCUT2D eigenvalue weighted by Gasteiger charge is -2.10. The van der Waals surface area contributed by atoms with Gasteiger partial charge < -0.3 is 9.88 Å². The van der Waals surface area contributed by atoms with Crippen molar-refractivity contribution < 1.29 is 0 Å². The number of nitrogens with one attached hydrogen (secondary N) is 1. The van der Waals surface area contributed by atoms with Crippen molar-refractivity contribution in [2.75, 3.05) is 0 Å². The molecule has 0 bridgehead atoms. The first-order valence-electron chi connectivity index (χ1n) is 6.10. The number of benzene rings is 1. The molecule has 0 atom stereocenters. The minimum atomic E-state index is 0.492. The van der Waals surface area contributed by atoms with Gasteiger partial charge in [0.25, 0.3) is 0 Å². The lowest BCUT2D eigenvalue weighted by molar-refractivity contribution is 0.588. The van der Waals surface area contributed by atoms with Crippen LogP contribution in [-0.4, -0.2) is 20.8 Å². The summed E-state index contributed by atoms with van der Waals surface area (Å²) in [5.41, 5.74) is 1.27. The topological polar surface area (TPSA) is 42.7 Å². The second-order valence-electron chi connectivity index (χ2n) is 4.63. The first kappa shape index (κ1) is 14.6. The van der Waals surface area contributed by atoms with Crippen molar-refractivity contribution in [3.63, 3.8) is 0 Å². The summed E-state index contributed by atoms with van der Waals surface area (Å²) in [7, 11) is 1.94. The molecule has 0 aliphatic carbocycles. The van der Waals surface area contributed by atoms with Gasteiger partial charge in [-0.2, -0.15) is 0 Å². The summed E-state index contributed by atoms with van der Waals surface area (Å²) in [6, 6.07) is 6.89. The van der Waals surface area contributed by atoms with E-state index >= 15 is 0 Å². The van der Waals surface area contributed by atoms with E-state index in [1.807, 2.05) is 11.6 Å². The quantitative estimate of drug-likeness (QED) is 0.907. The maximum atomic E-state index is 4.08. The van der Waals surface area contributed by atoms with Crippen LogP contribution in [-0.2, 0) is 13.6 Å². The van der Waals surface area contributed by atoms with Gasteiger partial charge >= 0.3 is 0 Å². The van der Waals surface area contributed by atoms with Gasteiger partial charge in [0.15, 0.2) is 5.16 Å². The highest BCUT2D eigenvalue weighted by Crippen LogP contribution is 2.32. The molecule has 0 aliphatic rings. The van der Waals surface area contributed by atoms with Crippen LogP contribution in [0.4, 0.5) is 0 Å². The molecule has 102 valence electrons. The maximum absolute atomic E-state index is 4.08. The number of rotatable bonds is 5. The van der Waals surface area contributed by atoms with Crippen LogP contribution in [0.15, 0.2) is 39.1 Å². The van der Waals surface area contributed by atoms with Crippen LogP contribution in [0.2, 0.25) is 0 Å². The second-order valence-corrected chi connectivity index (χ2v) is 6.49. The minimum absolute atomic E-state index is 0.492.